The number of nitrogens with one attached hydrogen (secondary N) is 2. The first-order chi connectivity index (χ1) is 13.9. The molecule has 9 heteroatoms. The van der Waals surface area contributed by atoms with Crippen molar-refractivity contribution < 1.29 is 13.2 Å². The minimum atomic E-state index is -3.77. The number of hydrogen-bond acceptors (Lipinski definition) is 7. The molecular formula is C20H22N4O3S2. The highest BCUT2D eigenvalue weighted by atomic mass is 32.2. The van der Waals surface area contributed by atoms with E-state index < -0.39 is 10.0 Å². The Kier molecular flexibility index (Phi) is 6.60. The molecule has 0 radical (unpaired) electrons. The highest BCUT2D eigenvalue weighted by molar-refractivity contribution is 8.00. The molecule has 0 spiro atoms. The zero-order chi connectivity index (χ0) is 20.9. The Labute approximate surface area is 175 Å². The highest BCUT2D eigenvalue weighted by Gasteiger charge is 2.15. The molecule has 0 saturated carbocycles. The monoisotopic (exact) mass is 430 g/mol. The smallest absolute Gasteiger partial charge is 0.263 e. The zero-order valence-corrected chi connectivity index (χ0v) is 17.9. The van der Waals surface area contributed by atoms with E-state index >= 15 is 0 Å². The van der Waals surface area contributed by atoms with Gasteiger partial charge in [0.15, 0.2) is 0 Å². The SMILES string of the molecule is COc1cc(NS(=O)(=O)c2ccc(NSc3ccc(C(C)C)cc3)cc2)ncn1. The molecule has 0 saturated heterocycles. The van der Waals surface area contributed by atoms with Gasteiger partial charge in [-0.1, -0.05) is 26.0 Å². The van der Waals surface area contributed by atoms with Crippen LogP contribution in [0.25, 0.3) is 0 Å². The first-order valence-corrected chi connectivity index (χ1v) is 11.2. The van der Waals surface area contributed by atoms with Gasteiger partial charge in [0.2, 0.25) is 5.88 Å². The minimum Gasteiger partial charge on any atom is -0.481 e. The van der Waals surface area contributed by atoms with Gasteiger partial charge in [0.25, 0.3) is 10.0 Å². The predicted octanol–water partition coefficient (Wildman–Crippen LogP) is 4.53. The average Bonchev–Trinajstić information content (AvgIpc) is 2.72. The van der Waals surface area contributed by atoms with Crippen molar-refractivity contribution in [2.75, 3.05) is 16.6 Å². The van der Waals surface area contributed by atoms with Crippen LogP contribution in [0, 0.1) is 0 Å². The van der Waals surface area contributed by atoms with Crippen molar-refractivity contribution >= 4 is 33.5 Å². The van der Waals surface area contributed by atoms with Crippen LogP contribution in [-0.4, -0.2) is 25.5 Å². The molecule has 0 atom stereocenters. The lowest BCUT2D eigenvalue weighted by Crippen LogP contribution is -2.14. The fourth-order valence-electron chi connectivity index (χ4n) is 2.44. The number of hydrogen-bond donors (Lipinski definition) is 2. The fraction of sp³-hybridized carbons (Fsp3) is 0.200. The lowest BCUT2D eigenvalue weighted by atomic mass is 10.0. The summed E-state index contributed by atoms with van der Waals surface area (Å²) in [6, 6.07) is 16.2. The van der Waals surface area contributed by atoms with Crippen LogP contribution < -0.4 is 14.2 Å². The molecule has 0 aliphatic heterocycles. The van der Waals surface area contributed by atoms with Gasteiger partial charge in [0.1, 0.15) is 12.1 Å². The summed E-state index contributed by atoms with van der Waals surface area (Å²) in [5.74, 6) is 0.906. The van der Waals surface area contributed by atoms with Crippen molar-refractivity contribution in [1.29, 1.82) is 0 Å². The van der Waals surface area contributed by atoms with Crippen LogP contribution in [-0.2, 0) is 10.0 Å². The van der Waals surface area contributed by atoms with Crippen molar-refractivity contribution in [3.8, 4) is 5.88 Å². The number of rotatable bonds is 8. The molecule has 0 aliphatic carbocycles. The van der Waals surface area contributed by atoms with E-state index in [9.17, 15) is 8.42 Å². The van der Waals surface area contributed by atoms with Gasteiger partial charge < -0.3 is 9.46 Å². The number of methoxy groups -OCH3 is 1. The van der Waals surface area contributed by atoms with Crippen molar-refractivity contribution in [3.05, 3.63) is 66.5 Å². The van der Waals surface area contributed by atoms with E-state index in [1.807, 2.05) is 0 Å². The van der Waals surface area contributed by atoms with Crippen molar-refractivity contribution in [3.63, 3.8) is 0 Å². The van der Waals surface area contributed by atoms with Crippen LogP contribution in [0.1, 0.15) is 25.3 Å². The molecular weight excluding hydrogens is 408 g/mol. The Hall–Kier alpha value is -2.78. The van der Waals surface area contributed by atoms with E-state index in [-0.39, 0.29) is 16.6 Å². The zero-order valence-electron chi connectivity index (χ0n) is 16.3. The molecule has 0 unspecified atom stereocenters. The number of sulfonamides is 1. The Morgan fingerprint density at radius 1 is 1.00 bits per heavy atom. The second-order valence-corrected chi connectivity index (χ2v) is 9.07. The molecule has 2 N–H and O–H groups in total. The Balaban J connectivity index is 1.64. The summed E-state index contributed by atoms with van der Waals surface area (Å²) < 4.78 is 35.7. The predicted molar refractivity (Wildman–Crippen MR) is 116 cm³/mol. The van der Waals surface area contributed by atoms with Crippen LogP contribution in [0.15, 0.2) is 70.7 Å². The highest BCUT2D eigenvalue weighted by Crippen LogP contribution is 2.25. The maximum Gasteiger partial charge on any atom is 0.263 e. The van der Waals surface area contributed by atoms with Gasteiger partial charge in [-0.15, -0.1) is 0 Å². The summed E-state index contributed by atoms with van der Waals surface area (Å²) in [5.41, 5.74) is 2.09. The van der Waals surface area contributed by atoms with Gasteiger partial charge in [-0.3, -0.25) is 4.72 Å². The van der Waals surface area contributed by atoms with E-state index in [4.69, 9.17) is 4.74 Å². The van der Waals surface area contributed by atoms with Crippen molar-refractivity contribution in [2.24, 2.45) is 0 Å². The summed E-state index contributed by atoms with van der Waals surface area (Å²) in [7, 11) is -2.32. The normalized spacial score (nSPS) is 11.3. The van der Waals surface area contributed by atoms with Gasteiger partial charge >= 0.3 is 0 Å². The number of ether oxygens (including phenoxy) is 1. The van der Waals surface area contributed by atoms with Gasteiger partial charge in [0.05, 0.1) is 12.0 Å². The second-order valence-electron chi connectivity index (χ2n) is 6.50. The number of aromatic nitrogens is 2. The molecule has 7 nitrogen and oxygen atoms in total. The molecule has 1 heterocycles. The first kappa shape index (κ1) is 20.9. The summed E-state index contributed by atoms with van der Waals surface area (Å²) in [4.78, 5) is 8.96. The second kappa shape index (κ2) is 9.15. The minimum absolute atomic E-state index is 0.131. The molecule has 1 aromatic heterocycles. The lowest BCUT2D eigenvalue weighted by molar-refractivity contribution is 0.397. The van der Waals surface area contributed by atoms with E-state index in [0.717, 1.165) is 10.6 Å². The topological polar surface area (TPSA) is 93.2 Å². The van der Waals surface area contributed by atoms with Crippen molar-refractivity contribution in [2.45, 2.75) is 29.6 Å². The standard InChI is InChI=1S/C20H22N4O3S2/c1-14(2)15-4-8-17(9-5-15)28-23-16-6-10-18(11-7-16)29(25,26)24-19-12-20(27-3)22-13-21-19/h4-14,23H,1-3H3,(H,21,22,24). The van der Waals surface area contributed by atoms with Crippen LogP contribution in [0.2, 0.25) is 0 Å². The first-order valence-electron chi connectivity index (χ1n) is 8.89. The van der Waals surface area contributed by atoms with Crippen LogP contribution in [0.4, 0.5) is 11.5 Å². The molecule has 0 amide bonds. The van der Waals surface area contributed by atoms with Gasteiger partial charge in [-0.05, 0) is 59.8 Å². The summed E-state index contributed by atoms with van der Waals surface area (Å²) in [6.45, 7) is 4.32. The number of nitrogens with zero attached hydrogens (tertiary/aromatic N) is 2. The van der Waals surface area contributed by atoms with E-state index in [2.05, 4.69) is 57.5 Å². The van der Waals surface area contributed by atoms with Crippen LogP contribution in [0.5, 0.6) is 5.88 Å². The molecule has 2 aromatic carbocycles. The Bertz CT molecular complexity index is 1050. The molecule has 3 aromatic rings. The van der Waals surface area contributed by atoms with Crippen LogP contribution in [0.3, 0.4) is 0 Å². The summed E-state index contributed by atoms with van der Waals surface area (Å²) in [6.07, 6.45) is 1.23. The van der Waals surface area contributed by atoms with Crippen LogP contribution >= 0.6 is 11.9 Å². The maximum atomic E-state index is 12.5. The molecule has 0 bridgehead atoms. The summed E-state index contributed by atoms with van der Waals surface area (Å²) >= 11 is 1.47. The quantitative estimate of drug-likeness (QED) is 0.507. The average molecular weight is 431 g/mol. The molecule has 0 fully saturated rings. The van der Waals surface area contributed by atoms with Gasteiger partial charge in [0, 0.05) is 16.6 Å². The molecule has 0 aliphatic rings. The summed E-state index contributed by atoms with van der Waals surface area (Å²) in [5, 5.41) is 0. The van der Waals surface area contributed by atoms with Gasteiger partial charge in [-0.25, -0.2) is 18.4 Å². The third kappa shape index (κ3) is 5.61. The van der Waals surface area contributed by atoms with E-state index in [1.165, 1.54) is 49.1 Å². The number of benzene rings is 2. The number of anilines is 2. The lowest BCUT2D eigenvalue weighted by Gasteiger charge is -2.10. The van der Waals surface area contributed by atoms with E-state index in [1.54, 1.807) is 12.1 Å². The third-order valence-corrected chi connectivity index (χ3v) is 6.30. The fourth-order valence-corrected chi connectivity index (χ4v) is 4.09. The Morgan fingerprint density at radius 3 is 2.31 bits per heavy atom. The van der Waals surface area contributed by atoms with E-state index in [0.29, 0.717) is 5.92 Å². The largest absolute Gasteiger partial charge is 0.481 e. The molecule has 152 valence electrons. The van der Waals surface area contributed by atoms with Gasteiger partial charge in [-0.2, -0.15) is 0 Å². The van der Waals surface area contributed by atoms with Crippen molar-refractivity contribution in [1.82, 2.24) is 9.97 Å². The molecule has 29 heavy (non-hydrogen) atoms. The Morgan fingerprint density at radius 2 is 1.69 bits per heavy atom. The third-order valence-electron chi connectivity index (χ3n) is 4.09. The maximum absolute atomic E-state index is 12.5. The molecule has 3 rings (SSSR count).